The number of carbonyl (C=O) groups excluding carboxylic acids is 1. The van der Waals surface area contributed by atoms with E-state index < -0.39 is 10.0 Å². The van der Waals surface area contributed by atoms with Gasteiger partial charge in [0.1, 0.15) is 11.5 Å². The van der Waals surface area contributed by atoms with Gasteiger partial charge in [-0.15, -0.1) is 0 Å². The Morgan fingerprint density at radius 2 is 1.74 bits per heavy atom. The highest BCUT2D eigenvalue weighted by atomic mass is 32.2. The summed E-state index contributed by atoms with van der Waals surface area (Å²) in [6.45, 7) is 0.587. The van der Waals surface area contributed by atoms with E-state index in [1.807, 2.05) is 0 Å². The molecule has 1 N–H and O–H groups in total. The van der Waals surface area contributed by atoms with Crippen LogP contribution in [0.3, 0.4) is 0 Å². The van der Waals surface area contributed by atoms with E-state index in [2.05, 4.69) is 4.72 Å². The van der Waals surface area contributed by atoms with Crippen LogP contribution >= 0.6 is 0 Å². The van der Waals surface area contributed by atoms with E-state index in [-0.39, 0.29) is 10.8 Å². The molecule has 0 radical (unpaired) electrons. The first-order chi connectivity index (χ1) is 12.9. The molecule has 1 aliphatic rings. The number of rotatable bonds is 6. The zero-order valence-electron chi connectivity index (χ0n) is 15.3. The van der Waals surface area contributed by atoms with Crippen molar-refractivity contribution in [3.63, 3.8) is 0 Å². The minimum atomic E-state index is -3.77. The molecule has 1 fully saturated rings. The van der Waals surface area contributed by atoms with Crippen LogP contribution in [0.1, 0.15) is 19.3 Å². The Labute approximate surface area is 158 Å². The molecule has 27 heavy (non-hydrogen) atoms. The van der Waals surface area contributed by atoms with Crippen molar-refractivity contribution < 1.29 is 22.7 Å². The maximum atomic E-state index is 12.6. The van der Waals surface area contributed by atoms with Crippen LogP contribution in [0.15, 0.2) is 47.4 Å². The first-order valence-corrected chi connectivity index (χ1v) is 10.1. The number of hydrogen-bond donors (Lipinski definition) is 1. The van der Waals surface area contributed by atoms with Gasteiger partial charge in [-0.25, -0.2) is 8.42 Å². The zero-order valence-corrected chi connectivity index (χ0v) is 16.1. The number of anilines is 2. The lowest BCUT2D eigenvalue weighted by Gasteiger charge is -2.28. The molecule has 0 atom stereocenters. The van der Waals surface area contributed by atoms with Crippen LogP contribution < -0.4 is 19.1 Å². The minimum absolute atomic E-state index is 0.00899. The van der Waals surface area contributed by atoms with Crippen LogP contribution in [0, 0.1) is 0 Å². The van der Waals surface area contributed by atoms with E-state index in [1.165, 1.54) is 26.4 Å². The van der Waals surface area contributed by atoms with Gasteiger partial charge in [0.15, 0.2) is 0 Å². The Bertz CT molecular complexity index is 926. The van der Waals surface area contributed by atoms with E-state index in [4.69, 9.17) is 9.47 Å². The van der Waals surface area contributed by atoms with E-state index in [0.717, 1.165) is 12.8 Å². The van der Waals surface area contributed by atoms with Crippen molar-refractivity contribution in [2.24, 2.45) is 0 Å². The standard InChI is InChI=1S/C19H22N2O5S/c1-25-15-7-9-16(10-8-15)27(23,24)20-14-6-11-18(26-2)17(13-14)21-12-4-3-5-19(21)22/h6-11,13,20H,3-5,12H2,1-2H3. The largest absolute Gasteiger partial charge is 0.497 e. The fourth-order valence-corrected chi connectivity index (χ4v) is 4.04. The number of methoxy groups -OCH3 is 2. The summed E-state index contributed by atoms with van der Waals surface area (Å²) in [7, 11) is -0.730. The van der Waals surface area contributed by atoms with Crippen molar-refractivity contribution in [2.75, 3.05) is 30.4 Å². The summed E-state index contributed by atoms with van der Waals surface area (Å²) in [6, 6.07) is 11.0. The minimum Gasteiger partial charge on any atom is -0.497 e. The van der Waals surface area contributed by atoms with Crippen molar-refractivity contribution in [1.29, 1.82) is 0 Å². The Balaban J connectivity index is 1.90. The smallest absolute Gasteiger partial charge is 0.261 e. The number of ether oxygens (including phenoxy) is 2. The number of piperidine rings is 1. The fourth-order valence-electron chi connectivity index (χ4n) is 2.99. The maximum Gasteiger partial charge on any atom is 0.261 e. The molecule has 1 amide bonds. The molecule has 0 bridgehead atoms. The molecular weight excluding hydrogens is 368 g/mol. The number of benzene rings is 2. The van der Waals surface area contributed by atoms with Crippen LogP contribution in [-0.4, -0.2) is 35.1 Å². The highest BCUT2D eigenvalue weighted by molar-refractivity contribution is 7.92. The Morgan fingerprint density at radius 1 is 1.00 bits per heavy atom. The highest BCUT2D eigenvalue weighted by Gasteiger charge is 2.23. The lowest BCUT2D eigenvalue weighted by Crippen LogP contribution is -2.35. The van der Waals surface area contributed by atoms with Gasteiger partial charge in [0.2, 0.25) is 5.91 Å². The topological polar surface area (TPSA) is 84.9 Å². The third kappa shape index (κ3) is 4.16. The number of nitrogens with one attached hydrogen (secondary N) is 1. The molecule has 3 rings (SSSR count). The van der Waals surface area contributed by atoms with Gasteiger partial charge in [0.25, 0.3) is 10.0 Å². The van der Waals surface area contributed by atoms with Gasteiger partial charge < -0.3 is 14.4 Å². The summed E-state index contributed by atoms with van der Waals surface area (Å²) in [6.07, 6.45) is 2.24. The molecule has 0 spiro atoms. The van der Waals surface area contributed by atoms with Gasteiger partial charge in [-0.05, 0) is 55.3 Å². The van der Waals surface area contributed by atoms with Crippen molar-refractivity contribution >= 4 is 27.3 Å². The quantitative estimate of drug-likeness (QED) is 0.820. The first-order valence-electron chi connectivity index (χ1n) is 8.60. The third-order valence-corrected chi connectivity index (χ3v) is 5.81. The lowest BCUT2D eigenvalue weighted by atomic mass is 10.1. The van der Waals surface area contributed by atoms with Crippen LogP contribution in [0.25, 0.3) is 0 Å². The third-order valence-electron chi connectivity index (χ3n) is 4.42. The normalized spacial score (nSPS) is 14.7. The fraction of sp³-hybridized carbons (Fsp3) is 0.316. The van der Waals surface area contributed by atoms with Gasteiger partial charge in [0, 0.05) is 13.0 Å². The number of amides is 1. The second-order valence-corrected chi connectivity index (χ2v) is 7.85. The van der Waals surface area contributed by atoms with Crippen molar-refractivity contribution in [3.8, 4) is 11.5 Å². The molecule has 0 unspecified atom stereocenters. The summed E-state index contributed by atoms with van der Waals surface area (Å²) in [5, 5.41) is 0. The Morgan fingerprint density at radius 3 is 2.37 bits per heavy atom. The van der Waals surface area contributed by atoms with Crippen LogP contribution in [0.5, 0.6) is 11.5 Å². The monoisotopic (exact) mass is 390 g/mol. The predicted molar refractivity (Wildman–Crippen MR) is 103 cm³/mol. The van der Waals surface area contributed by atoms with Crippen molar-refractivity contribution in [2.45, 2.75) is 24.2 Å². The molecule has 1 saturated heterocycles. The average molecular weight is 390 g/mol. The molecule has 2 aromatic rings. The van der Waals surface area contributed by atoms with Gasteiger partial charge in [-0.3, -0.25) is 9.52 Å². The molecule has 144 valence electrons. The first kappa shape index (κ1) is 19.0. The molecule has 0 aromatic heterocycles. The second-order valence-electron chi connectivity index (χ2n) is 6.17. The van der Waals surface area contributed by atoms with Crippen LogP contribution in [-0.2, 0) is 14.8 Å². The van der Waals surface area contributed by atoms with E-state index in [9.17, 15) is 13.2 Å². The summed E-state index contributed by atoms with van der Waals surface area (Å²) < 4.78 is 38.3. The second kappa shape index (κ2) is 7.87. The van der Waals surface area contributed by atoms with Crippen molar-refractivity contribution in [1.82, 2.24) is 0 Å². The maximum absolute atomic E-state index is 12.6. The molecule has 1 heterocycles. The highest BCUT2D eigenvalue weighted by Crippen LogP contribution is 2.34. The van der Waals surface area contributed by atoms with Gasteiger partial charge in [-0.2, -0.15) is 0 Å². The Kier molecular flexibility index (Phi) is 5.55. The molecule has 0 saturated carbocycles. The van der Waals surface area contributed by atoms with E-state index in [1.54, 1.807) is 35.2 Å². The molecule has 0 aliphatic carbocycles. The summed E-state index contributed by atoms with van der Waals surface area (Å²) in [5.74, 6) is 1.11. The Hall–Kier alpha value is -2.74. The summed E-state index contributed by atoms with van der Waals surface area (Å²) in [4.78, 5) is 14.0. The van der Waals surface area contributed by atoms with E-state index >= 15 is 0 Å². The molecular formula is C19H22N2O5S. The van der Waals surface area contributed by atoms with Gasteiger partial charge in [0.05, 0.1) is 30.5 Å². The average Bonchev–Trinajstić information content (AvgIpc) is 2.68. The molecule has 2 aromatic carbocycles. The zero-order chi connectivity index (χ0) is 19.4. The van der Waals surface area contributed by atoms with Gasteiger partial charge in [-0.1, -0.05) is 0 Å². The van der Waals surface area contributed by atoms with Gasteiger partial charge >= 0.3 is 0 Å². The number of carbonyl (C=O) groups is 1. The molecule has 8 heteroatoms. The van der Waals surface area contributed by atoms with E-state index in [0.29, 0.717) is 35.8 Å². The summed E-state index contributed by atoms with van der Waals surface area (Å²) >= 11 is 0. The van der Waals surface area contributed by atoms with Crippen LogP contribution in [0.2, 0.25) is 0 Å². The van der Waals surface area contributed by atoms with Crippen molar-refractivity contribution in [3.05, 3.63) is 42.5 Å². The number of hydrogen-bond acceptors (Lipinski definition) is 5. The molecule has 1 aliphatic heterocycles. The summed E-state index contributed by atoms with van der Waals surface area (Å²) in [5.41, 5.74) is 0.928. The SMILES string of the molecule is COc1ccc(S(=O)(=O)Nc2ccc(OC)c(N3CCCCC3=O)c2)cc1. The number of sulfonamides is 1. The number of nitrogens with zero attached hydrogens (tertiary/aromatic N) is 1. The predicted octanol–water partition coefficient (Wildman–Crippen LogP) is 3.02. The van der Waals surface area contributed by atoms with Crippen LogP contribution in [0.4, 0.5) is 11.4 Å². The molecule has 7 nitrogen and oxygen atoms in total. The lowest BCUT2D eigenvalue weighted by molar-refractivity contribution is -0.119.